The molecular weight excluding hydrogens is 430 g/mol. The van der Waals surface area contributed by atoms with E-state index in [0.29, 0.717) is 12.3 Å². The van der Waals surface area contributed by atoms with Crippen LogP contribution in [0.25, 0.3) is 0 Å². The Morgan fingerprint density at radius 1 is 1.09 bits per heavy atom. The summed E-state index contributed by atoms with van der Waals surface area (Å²) < 4.78 is 11.7. The Morgan fingerprint density at radius 3 is 2.50 bits per heavy atom. The van der Waals surface area contributed by atoms with E-state index in [1.54, 1.807) is 6.20 Å². The lowest BCUT2D eigenvalue weighted by atomic mass is 10.2. The van der Waals surface area contributed by atoms with Crippen molar-refractivity contribution in [3.63, 3.8) is 0 Å². The van der Waals surface area contributed by atoms with Crippen molar-refractivity contribution in [1.29, 1.82) is 0 Å². The number of nitrogens with one attached hydrogen (secondary N) is 1. The maximum atomic E-state index is 12.8. The SMILES string of the molecule is CC1CN(c2ccnc(C(=O)Nc3ccc(OCCCN4CCN(C)CC4)cc3)c2)CC(C)O1. The zero-order valence-corrected chi connectivity index (χ0v) is 20.6. The van der Waals surface area contributed by atoms with Crippen LogP contribution in [0.1, 0.15) is 30.8 Å². The molecule has 1 N–H and O–H groups in total. The third-order valence-corrected chi connectivity index (χ3v) is 6.36. The van der Waals surface area contributed by atoms with Crippen molar-refractivity contribution in [2.45, 2.75) is 32.5 Å². The van der Waals surface area contributed by atoms with Crippen molar-refractivity contribution in [1.82, 2.24) is 14.8 Å². The van der Waals surface area contributed by atoms with Crippen LogP contribution in [-0.2, 0) is 4.74 Å². The monoisotopic (exact) mass is 467 g/mol. The molecule has 0 bridgehead atoms. The maximum Gasteiger partial charge on any atom is 0.274 e. The van der Waals surface area contributed by atoms with Gasteiger partial charge < -0.3 is 29.5 Å². The first-order valence-electron chi connectivity index (χ1n) is 12.3. The molecular formula is C26H37N5O3. The van der Waals surface area contributed by atoms with Gasteiger partial charge >= 0.3 is 0 Å². The first kappa shape index (κ1) is 24.4. The van der Waals surface area contributed by atoms with Crippen LogP contribution in [-0.4, -0.2) is 92.4 Å². The fourth-order valence-electron chi connectivity index (χ4n) is 4.51. The molecule has 3 heterocycles. The quantitative estimate of drug-likeness (QED) is 0.599. The van der Waals surface area contributed by atoms with Gasteiger partial charge in [0.2, 0.25) is 0 Å². The molecule has 2 aliphatic heterocycles. The summed E-state index contributed by atoms with van der Waals surface area (Å²) in [6, 6.07) is 11.3. The van der Waals surface area contributed by atoms with Crippen molar-refractivity contribution in [3.8, 4) is 5.75 Å². The smallest absolute Gasteiger partial charge is 0.274 e. The predicted octanol–water partition coefficient (Wildman–Crippen LogP) is 2.96. The second-order valence-corrected chi connectivity index (χ2v) is 9.39. The summed E-state index contributed by atoms with van der Waals surface area (Å²) in [5.74, 6) is 0.587. The molecule has 1 aromatic heterocycles. The molecule has 2 aliphatic rings. The number of hydrogen-bond acceptors (Lipinski definition) is 7. The molecule has 0 saturated carbocycles. The van der Waals surface area contributed by atoms with Crippen molar-refractivity contribution in [2.24, 2.45) is 0 Å². The summed E-state index contributed by atoms with van der Waals surface area (Å²) in [5.41, 5.74) is 2.10. The summed E-state index contributed by atoms with van der Waals surface area (Å²) >= 11 is 0. The minimum atomic E-state index is -0.225. The molecule has 4 rings (SSSR count). The highest BCUT2D eigenvalue weighted by atomic mass is 16.5. The Kier molecular flexibility index (Phi) is 8.37. The van der Waals surface area contributed by atoms with Crippen molar-refractivity contribution >= 4 is 17.3 Å². The normalized spacial score (nSPS) is 21.9. The van der Waals surface area contributed by atoms with Crippen LogP contribution in [0, 0.1) is 0 Å². The molecule has 1 amide bonds. The van der Waals surface area contributed by atoms with Crippen LogP contribution in [0.4, 0.5) is 11.4 Å². The Balaban J connectivity index is 1.24. The number of hydrogen-bond donors (Lipinski definition) is 1. The Hall–Kier alpha value is -2.68. The summed E-state index contributed by atoms with van der Waals surface area (Å²) in [6.07, 6.45) is 3.00. The van der Waals surface area contributed by atoms with Gasteiger partial charge in [0.1, 0.15) is 11.4 Å². The lowest BCUT2D eigenvalue weighted by Gasteiger charge is -2.36. The van der Waals surface area contributed by atoms with E-state index in [9.17, 15) is 4.79 Å². The van der Waals surface area contributed by atoms with Crippen molar-refractivity contribution in [3.05, 3.63) is 48.3 Å². The van der Waals surface area contributed by atoms with Gasteiger partial charge in [-0.1, -0.05) is 0 Å². The highest BCUT2D eigenvalue weighted by Crippen LogP contribution is 2.22. The molecule has 0 aliphatic carbocycles. The third-order valence-electron chi connectivity index (χ3n) is 6.36. The van der Waals surface area contributed by atoms with E-state index in [1.807, 2.05) is 36.4 Å². The van der Waals surface area contributed by atoms with Crippen LogP contribution < -0.4 is 15.0 Å². The zero-order valence-electron chi connectivity index (χ0n) is 20.6. The molecule has 2 fully saturated rings. The number of ether oxygens (including phenoxy) is 2. The summed E-state index contributed by atoms with van der Waals surface area (Å²) in [4.78, 5) is 24.2. The van der Waals surface area contributed by atoms with Gasteiger partial charge in [0, 0.05) is 63.4 Å². The van der Waals surface area contributed by atoms with E-state index in [1.165, 1.54) is 0 Å². The number of carbonyl (C=O) groups excluding carboxylic acids is 1. The number of nitrogens with zero attached hydrogens (tertiary/aromatic N) is 4. The summed E-state index contributed by atoms with van der Waals surface area (Å²) in [5, 5.41) is 2.94. The van der Waals surface area contributed by atoms with Crippen molar-refractivity contribution < 1.29 is 14.3 Å². The standard InChI is InChI=1S/C26H37N5O3/c1-20-18-31(19-21(2)34-20)23-9-10-27-25(17-23)26(32)28-22-5-7-24(8-6-22)33-16-4-11-30-14-12-29(3)13-15-30/h5-10,17,20-21H,4,11-16,18-19H2,1-3H3,(H,28,32). The van der Waals surface area contributed by atoms with Crippen molar-refractivity contribution in [2.75, 3.05) is 69.7 Å². The van der Waals surface area contributed by atoms with E-state index < -0.39 is 0 Å². The number of likely N-dealkylation sites (N-methyl/N-ethyl adjacent to an activating group) is 1. The van der Waals surface area contributed by atoms with Crippen LogP contribution in [0.2, 0.25) is 0 Å². The van der Waals surface area contributed by atoms with Gasteiger partial charge in [-0.3, -0.25) is 9.78 Å². The lowest BCUT2D eigenvalue weighted by molar-refractivity contribution is -0.00522. The Morgan fingerprint density at radius 2 is 1.79 bits per heavy atom. The highest BCUT2D eigenvalue weighted by Gasteiger charge is 2.23. The number of piperazine rings is 1. The molecule has 0 radical (unpaired) electrons. The van der Waals surface area contributed by atoms with Gasteiger partial charge in [-0.05, 0) is 63.7 Å². The van der Waals surface area contributed by atoms with Crippen LogP contribution in [0.15, 0.2) is 42.6 Å². The second-order valence-electron chi connectivity index (χ2n) is 9.39. The topological polar surface area (TPSA) is 70.2 Å². The Labute approximate surface area is 202 Å². The van der Waals surface area contributed by atoms with Gasteiger partial charge in [-0.15, -0.1) is 0 Å². The van der Waals surface area contributed by atoms with Crippen LogP contribution in [0.3, 0.4) is 0 Å². The number of benzene rings is 1. The average Bonchev–Trinajstić information content (AvgIpc) is 2.83. The van der Waals surface area contributed by atoms with Crippen LogP contribution >= 0.6 is 0 Å². The van der Waals surface area contributed by atoms with E-state index in [4.69, 9.17) is 9.47 Å². The molecule has 0 spiro atoms. The number of carbonyl (C=O) groups is 1. The minimum absolute atomic E-state index is 0.154. The summed E-state index contributed by atoms with van der Waals surface area (Å²) in [6.45, 7) is 12.0. The van der Waals surface area contributed by atoms with Gasteiger partial charge in [0.25, 0.3) is 5.91 Å². The molecule has 1 aromatic carbocycles. The first-order valence-corrected chi connectivity index (χ1v) is 12.3. The number of amides is 1. The minimum Gasteiger partial charge on any atom is -0.494 e. The number of pyridine rings is 1. The molecule has 8 heteroatoms. The number of aromatic nitrogens is 1. The lowest BCUT2D eigenvalue weighted by Crippen LogP contribution is -2.45. The Bertz CT molecular complexity index is 920. The fraction of sp³-hybridized carbons (Fsp3) is 0.538. The molecule has 2 atom stereocenters. The van der Waals surface area contributed by atoms with Gasteiger partial charge in [-0.25, -0.2) is 0 Å². The second kappa shape index (κ2) is 11.6. The molecule has 2 aromatic rings. The number of anilines is 2. The molecule has 34 heavy (non-hydrogen) atoms. The first-order chi connectivity index (χ1) is 16.5. The molecule has 2 saturated heterocycles. The highest BCUT2D eigenvalue weighted by molar-refractivity contribution is 6.03. The molecule has 2 unspecified atom stereocenters. The third kappa shape index (κ3) is 6.91. The largest absolute Gasteiger partial charge is 0.494 e. The fourth-order valence-corrected chi connectivity index (χ4v) is 4.51. The number of rotatable bonds is 8. The molecule has 8 nitrogen and oxygen atoms in total. The van der Waals surface area contributed by atoms with E-state index >= 15 is 0 Å². The van der Waals surface area contributed by atoms with E-state index in [2.05, 4.69) is 45.9 Å². The van der Waals surface area contributed by atoms with E-state index in [-0.39, 0.29) is 18.1 Å². The predicted molar refractivity (Wildman–Crippen MR) is 135 cm³/mol. The van der Waals surface area contributed by atoms with Gasteiger partial charge in [0.05, 0.1) is 18.8 Å². The average molecular weight is 468 g/mol. The molecule has 184 valence electrons. The number of morpholine rings is 1. The van der Waals surface area contributed by atoms with Gasteiger partial charge in [-0.2, -0.15) is 0 Å². The summed E-state index contributed by atoms with van der Waals surface area (Å²) in [7, 11) is 2.17. The van der Waals surface area contributed by atoms with Crippen LogP contribution in [0.5, 0.6) is 5.75 Å². The zero-order chi connectivity index (χ0) is 23.9. The maximum absolute atomic E-state index is 12.8. The van der Waals surface area contributed by atoms with E-state index in [0.717, 1.165) is 69.4 Å². The van der Waals surface area contributed by atoms with Gasteiger partial charge in [0.15, 0.2) is 0 Å².